The second-order valence-electron chi connectivity index (χ2n) is 4.31. The summed E-state index contributed by atoms with van der Waals surface area (Å²) >= 11 is 3.45. The van der Waals surface area contributed by atoms with Crippen molar-refractivity contribution >= 4 is 15.9 Å². The summed E-state index contributed by atoms with van der Waals surface area (Å²) in [5.74, 6) is 0.861. The van der Waals surface area contributed by atoms with Crippen LogP contribution in [0.15, 0.2) is 45.7 Å². The molecule has 0 aliphatic carbocycles. The first kappa shape index (κ1) is 14.2. The van der Waals surface area contributed by atoms with Crippen LogP contribution < -0.4 is 10.1 Å². The summed E-state index contributed by atoms with van der Waals surface area (Å²) in [6.07, 6.45) is 2.77. The van der Waals surface area contributed by atoms with E-state index in [1.807, 2.05) is 24.3 Å². The van der Waals surface area contributed by atoms with E-state index in [0.717, 1.165) is 34.5 Å². The number of hydrogen-bond donors (Lipinski definition) is 1. The Morgan fingerprint density at radius 3 is 2.84 bits per heavy atom. The van der Waals surface area contributed by atoms with Gasteiger partial charge in [-0.05, 0) is 52.7 Å². The number of furan rings is 1. The Hall–Kier alpha value is -1.26. The van der Waals surface area contributed by atoms with E-state index in [1.54, 1.807) is 13.4 Å². The highest BCUT2D eigenvalue weighted by atomic mass is 79.9. The molecule has 0 fully saturated rings. The van der Waals surface area contributed by atoms with Gasteiger partial charge in [0.25, 0.3) is 0 Å². The lowest BCUT2D eigenvalue weighted by atomic mass is 10.0. The summed E-state index contributed by atoms with van der Waals surface area (Å²) in [6, 6.07) is 10.2. The van der Waals surface area contributed by atoms with Gasteiger partial charge in [-0.1, -0.05) is 19.1 Å². The Bertz CT molecular complexity index is 524. The van der Waals surface area contributed by atoms with Crippen molar-refractivity contribution in [1.82, 2.24) is 5.32 Å². The number of hydrogen-bond acceptors (Lipinski definition) is 3. The molecular formula is C15H18BrNO2. The van der Waals surface area contributed by atoms with Gasteiger partial charge in [0.05, 0.1) is 19.4 Å². The lowest BCUT2D eigenvalue weighted by Crippen LogP contribution is -2.23. The van der Waals surface area contributed by atoms with Gasteiger partial charge in [-0.25, -0.2) is 0 Å². The highest BCUT2D eigenvalue weighted by Gasteiger charge is 2.18. The number of halogens is 1. The molecule has 0 saturated carbocycles. The quantitative estimate of drug-likeness (QED) is 0.867. The van der Waals surface area contributed by atoms with Crippen LogP contribution in [0, 0.1) is 0 Å². The third kappa shape index (κ3) is 3.39. The predicted molar refractivity (Wildman–Crippen MR) is 79.5 cm³/mol. The van der Waals surface area contributed by atoms with Crippen molar-refractivity contribution in [2.75, 3.05) is 13.7 Å². The number of rotatable bonds is 6. The molecule has 0 aliphatic rings. The van der Waals surface area contributed by atoms with Crippen molar-refractivity contribution in [1.29, 1.82) is 0 Å². The molecule has 3 nitrogen and oxygen atoms in total. The lowest BCUT2D eigenvalue weighted by Gasteiger charge is -2.19. The van der Waals surface area contributed by atoms with Gasteiger partial charge >= 0.3 is 0 Å². The van der Waals surface area contributed by atoms with Gasteiger partial charge in [0.1, 0.15) is 5.75 Å². The SMILES string of the molecule is CCCNC(c1cccc(OC)c1)c1ccoc1Br. The summed E-state index contributed by atoms with van der Waals surface area (Å²) in [6.45, 7) is 3.10. The summed E-state index contributed by atoms with van der Waals surface area (Å²) in [5.41, 5.74) is 2.26. The predicted octanol–water partition coefficient (Wildman–Crippen LogP) is 4.14. The molecule has 1 unspecified atom stereocenters. The topological polar surface area (TPSA) is 34.4 Å². The zero-order valence-corrected chi connectivity index (χ0v) is 12.7. The third-order valence-corrected chi connectivity index (χ3v) is 3.63. The maximum Gasteiger partial charge on any atom is 0.174 e. The standard InChI is InChI=1S/C15H18BrNO2/c1-3-8-17-14(13-7-9-19-15(13)16)11-5-4-6-12(10-11)18-2/h4-7,9-10,14,17H,3,8H2,1-2H3. The summed E-state index contributed by atoms with van der Waals surface area (Å²) < 4.78 is 11.4. The van der Waals surface area contributed by atoms with E-state index in [4.69, 9.17) is 9.15 Å². The fourth-order valence-corrected chi connectivity index (χ4v) is 2.50. The molecule has 2 rings (SSSR count). The van der Waals surface area contributed by atoms with Gasteiger partial charge in [0.2, 0.25) is 0 Å². The molecule has 0 aliphatic heterocycles. The van der Waals surface area contributed by atoms with Crippen LogP contribution in [0.2, 0.25) is 0 Å². The smallest absolute Gasteiger partial charge is 0.174 e. The van der Waals surface area contributed by atoms with Gasteiger partial charge in [-0.15, -0.1) is 0 Å². The second kappa shape index (κ2) is 6.78. The molecular weight excluding hydrogens is 306 g/mol. The van der Waals surface area contributed by atoms with E-state index in [2.05, 4.69) is 34.2 Å². The molecule has 1 atom stereocenters. The fraction of sp³-hybridized carbons (Fsp3) is 0.333. The number of nitrogens with one attached hydrogen (secondary N) is 1. The molecule has 1 heterocycles. The average Bonchev–Trinajstić information content (AvgIpc) is 2.86. The Balaban J connectivity index is 2.34. The van der Waals surface area contributed by atoms with Crippen molar-refractivity contribution < 1.29 is 9.15 Å². The van der Waals surface area contributed by atoms with Crippen LogP contribution in [-0.4, -0.2) is 13.7 Å². The highest BCUT2D eigenvalue weighted by molar-refractivity contribution is 9.10. The minimum absolute atomic E-state index is 0.100. The minimum atomic E-state index is 0.100. The van der Waals surface area contributed by atoms with Crippen LogP contribution >= 0.6 is 15.9 Å². The lowest BCUT2D eigenvalue weighted by molar-refractivity contribution is 0.413. The molecule has 102 valence electrons. The van der Waals surface area contributed by atoms with Crippen molar-refractivity contribution in [2.24, 2.45) is 0 Å². The van der Waals surface area contributed by atoms with E-state index < -0.39 is 0 Å². The van der Waals surface area contributed by atoms with Crippen LogP contribution in [0.3, 0.4) is 0 Å². The normalized spacial score (nSPS) is 12.4. The van der Waals surface area contributed by atoms with Gasteiger partial charge in [-0.2, -0.15) is 0 Å². The van der Waals surface area contributed by atoms with Crippen LogP contribution in [-0.2, 0) is 0 Å². The molecule has 1 aromatic carbocycles. The number of benzene rings is 1. The van der Waals surface area contributed by atoms with Gasteiger partial charge in [-0.3, -0.25) is 0 Å². The van der Waals surface area contributed by atoms with Gasteiger partial charge < -0.3 is 14.5 Å². The van der Waals surface area contributed by atoms with E-state index in [9.17, 15) is 0 Å². The van der Waals surface area contributed by atoms with Crippen LogP contribution in [0.1, 0.15) is 30.5 Å². The fourth-order valence-electron chi connectivity index (χ4n) is 2.03. The van der Waals surface area contributed by atoms with Crippen molar-refractivity contribution in [2.45, 2.75) is 19.4 Å². The molecule has 0 saturated heterocycles. The molecule has 1 aromatic heterocycles. The molecule has 0 amide bonds. The van der Waals surface area contributed by atoms with E-state index in [0.29, 0.717) is 0 Å². The molecule has 2 aromatic rings. The average molecular weight is 324 g/mol. The summed E-state index contributed by atoms with van der Waals surface area (Å²) in [5, 5.41) is 3.53. The molecule has 0 radical (unpaired) electrons. The molecule has 0 spiro atoms. The van der Waals surface area contributed by atoms with E-state index in [-0.39, 0.29) is 6.04 Å². The first-order valence-electron chi connectivity index (χ1n) is 6.36. The number of ether oxygens (including phenoxy) is 1. The van der Waals surface area contributed by atoms with Gasteiger partial charge in [0.15, 0.2) is 4.67 Å². The maximum atomic E-state index is 5.35. The third-order valence-electron chi connectivity index (χ3n) is 2.98. The zero-order chi connectivity index (χ0) is 13.7. The monoisotopic (exact) mass is 323 g/mol. The van der Waals surface area contributed by atoms with Crippen molar-refractivity contribution in [3.8, 4) is 5.75 Å². The van der Waals surface area contributed by atoms with Crippen molar-refractivity contribution in [3.05, 3.63) is 52.4 Å². The highest BCUT2D eigenvalue weighted by Crippen LogP contribution is 2.31. The minimum Gasteiger partial charge on any atom is -0.497 e. The van der Waals surface area contributed by atoms with Gasteiger partial charge in [0, 0.05) is 5.56 Å². The van der Waals surface area contributed by atoms with E-state index >= 15 is 0 Å². The molecule has 4 heteroatoms. The van der Waals surface area contributed by atoms with Crippen LogP contribution in [0.5, 0.6) is 5.75 Å². The first-order valence-corrected chi connectivity index (χ1v) is 7.15. The molecule has 19 heavy (non-hydrogen) atoms. The Labute approximate surface area is 122 Å². The summed E-state index contributed by atoms with van der Waals surface area (Å²) in [7, 11) is 1.68. The van der Waals surface area contributed by atoms with Crippen LogP contribution in [0.4, 0.5) is 0 Å². The van der Waals surface area contributed by atoms with Crippen molar-refractivity contribution in [3.63, 3.8) is 0 Å². The maximum absolute atomic E-state index is 5.35. The number of methoxy groups -OCH3 is 1. The van der Waals surface area contributed by atoms with E-state index in [1.165, 1.54) is 0 Å². The Morgan fingerprint density at radius 2 is 2.21 bits per heavy atom. The molecule has 1 N–H and O–H groups in total. The zero-order valence-electron chi connectivity index (χ0n) is 11.2. The van der Waals surface area contributed by atoms with Crippen LogP contribution in [0.25, 0.3) is 0 Å². The Kier molecular flexibility index (Phi) is 5.05. The largest absolute Gasteiger partial charge is 0.497 e. The Morgan fingerprint density at radius 1 is 1.37 bits per heavy atom. The first-order chi connectivity index (χ1) is 9.26. The summed E-state index contributed by atoms with van der Waals surface area (Å²) in [4.78, 5) is 0. The molecule has 0 bridgehead atoms. The second-order valence-corrected chi connectivity index (χ2v) is 5.03.